The van der Waals surface area contributed by atoms with Gasteiger partial charge in [-0.2, -0.15) is 0 Å². The zero-order chi connectivity index (χ0) is 14.5. The molecule has 0 spiro atoms. The Labute approximate surface area is 128 Å². The van der Waals surface area contributed by atoms with Crippen molar-refractivity contribution < 1.29 is 13.6 Å². The van der Waals surface area contributed by atoms with E-state index in [-0.39, 0.29) is 11.7 Å². The summed E-state index contributed by atoms with van der Waals surface area (Å²) in [6.07, 6.45) is 0.656. The van der Waals surface area contributed by atoms with Crippen LogP contribution in [0.2, 0.25) is 13.1 Å². The van der Waals surface area contributed by atoms with E-state index >= 15 is 0 Å². The van der Waals surface area contributed by atoms with E-state index in [1.165, 1.54) is 0 Å². The molecule has 3 nitrogen and oxygen atoms in total. The van der Waals surface area contributed by atoms with Crippen molar-refractivity contribution in [1.82, 2.24) is 0 Å². The van der Waals surface area contributed by atoms with Crippen molar-refractivity contribution in [3.8, 4) is 0 Å². The lowest BCUT2D eigenvalue weighted by Gasteiger charge is -2.35. The monoisotopic (exact) mass is 360 g/mol. The molecular weight excluding hydrogens is 340 g/mol. The number of benzene rings is 1. The highest BCUT2D eigenvalue weighted by atomic mass is 79.9. The minimum Gasteiger partial charge on any atom is -0.400 e. The van der Waals surface area contributed by atoms with E-state index in [0.717, 1.165) is 16.3 Å². The van der Waals surface area contributed by atoms with Gasteiger partial charge in [-0.25, -0.2) is 0 Å². The molecule has 0 aliphatic heterocycles. The highest BCUT2D eigenvalue weighted by molar-refractivity contribution is 9.10. The van der Waals surface area contributed by atoms with Crippen molar-refractivity contribution in [2.75, 3.05) is 0 Å². The van der Waals surface area contributed by atoms with Crippen LogP contribution in [0.3, 0.4) is 0 Å². The van der Waals surface area contributed by atoms with Gasteiger partial charge >= 0.3 is 0 Å². The average molecular weight is 361 g/mol. The van der Waals surface area contributed by atoms with Gasteiger partial charge in [0, 0.05) is 15.5 Å². The van der Waals surface area contributed by atoms with Crippen LogP contribution in [0.1, 0.15) is 29.8 Å². The third-order valence-electron chi connectivity index (χ3n) is 3.05. The van der Waals surface area contributed by atoms with E-state index in [1.54, 1.807) is 0 Å². The van der Waals surface area contributed by atoms with Gasteiger partial charge in [0.05, 0.1) is 0 Å². The normalized spacial score (nSPS) is 14.6. The topological polar surface area (TPSA) is 35.5 Å². The molecule has 0 aliphatic rings. The van der Waals surface area contributed by atoms with Crippen LogP contribution >= 0.6 is 15.9 Å². The highest BCUT2D eigenvalue weighted by Crippen LogP contribution is 2.35. The molecule has 0 atom stereocenters. The fourth-order valence-electron chi connectivity index (χ4n) is 2.02. The Bertz CT molecular complexity index is 432. The van der Waals surface area contributed by atoms with Crippen molar-refractivity contribution in [3.63, 3.8) is 0 Å². The van der Waals surface area contributed by atoms with Crippen LogP contribution in [0.4, 0.5) is 0 Å². The summed E-state index contributed by atoms with van der Waals surface area (Å²) in [6, 6.07) is 5.65. The second kappa shape index (κ2) is 7.49. The summed E-state index contributed by atoms with van der Waals surface area (Å²) >= 11 is 3.55. The molecule has 0 bridgehead atoms. The molecule has 19 heavy (non-hydrogen) atoms. The first-order chi connectivity index (χ1) is 8.97. The first kappa shape index (κ1) is 16.8. The third-order valence-corrected chi connectivity index (χ3v) is 4.98. The SMILES string of the molecule is C[SiH2]OC(O[SiH2]C)C(C)(C)c1ccc(C=O)cc1Br. The van der Waals surface area contributed by atoms with Crippen LogP contribution in [0, 0.1) is 0 Å². The van der Waals surface area contributed by atoms with Crippen LogP contribution in [-0.4, -0.2) is 32.1 Å². The van der Waals surface area contributed by atoms with Crippen LogP contribution in [-0.2, 0) is 14.3 Å². The second-order valence-electron chi connectivity index (χ2n) is 4.82. The number of carbonyl (C=O) groups is 1. The molecule has 0 heterocycles. The molecule has 106 valence electrons. The number of hydrogen-bond donors (Lipinski definition) is 0. The summed E-state index contributed by atoms with van der Waals surface area (Å²) in [4.78, 5) is 10.8. The molecule has 0 saturated carbocycles. The maximum absolute atomic E-state index is 10.8. The minimum atomic E-state index is -0.537. The largest absolute Gasteiger partial charge is 0.400 e. The van der Waals surface area contributed by atoms with Crippen molar-refractivity contribution in [1.29, 1.82) is 0 Å². The number of halogens is 1. The summed E-state index contributed by atoms with van der Waals surface area (Å²) in [5.74, 6) is 0. The van der Waals surface area contributed by atoms with Gasteiger partial charge in [0.1, 0.15) is 12.6 Å². The molecule has 0 unspecified atom stereocenters. The number of aldehydes is 1. The van der Waals surface area contributed by atoms with Gasteiger partial charge in [-0.1, -0.05) is 55.0 Å². The fourth-order valence-corrected chi connectivity index (χ4v) is 4.75. The van der Waals surface area contributed by atoms with Crippen molar-refractivity contribution in [3.05, 3.63) is 33.8 Å². The summed E-state index contributed by atoms with van der Waals surface area (Å²) in [5.41, 5.74) is 1.53. The molecule has 0 fully saturated rings. The molecule has 0 saturated heterocycles. The molecule has 0 N–H and O–H groups in total. The van der Waals surface area contributed by atoms with Crippen LogP contribution in [0.5, 0.6) is 0 Å². The molecule has 0 amide bonds. The molecule has 0 aromatic heterocycles. The molecule has 0 aliphatic carbocycles. The van der Waals surface area contributed by atoms with E-state index in [9.17, 15) is 4.79 Å². The first-order valence-corrected chi connectivity index (χ1v) is 11.2. The Kier molecular flexibility index (Phi) is 6.61. The van der Waals surface area contributed by atoms with Gasteiger partial charge in [0.25, 0.3) is 0 Å². The van der Waals surface area contributed by atoms with Gasteiger partial charge in [-0.05, 0) is 11.6 Å². The van der Waals surface area contributed by atoms with Crippen molar-refractivity contribution in [2.45, 2.75) is 38.6 Å². The number of rotatable bonds is 7. The van der Waals surface area contributed by atoms with Gasteiger partial charge in [-0.15, -0.1) is 0 Å². The van der Waals surface area contributed by atoms with E-state index < -0.39 is 19.5 Å². The Morgan fingerprint density at radius 1 is 1.26 bits per heavy atom. The smallest absolute Gasteiger partial charge is 0.161 e. The van der Waals surface area contributed by atoms with E-state index in [2.05, 4.69) is 42.9 Å². The highest BCUT2D eigenvalue weighted by Gasteiger charge is 2.33. The lowest BCUT2D eigenvalue weighted by molar-refractivity contribution is -0.0435. The third kappa shape index (κ3) is 4.09. The Hall–Kier alpha value is -0.276. The molecule has 1 aromatic carbocycles. The zero-order valence-corrected chi connectivity index (χ0v) is 16.3. The van der Waals surface area contributed by atoms with E-state index in [4.69, 9.17) is 8.85 Å². The maximum Gasteiger partial charge on any atom is 0.161 e. The van der Waals surface area contributed by atoms with E-state index in [0.29, 0.717) is 5.56 Å². The summed E-state index contributed by atoms with van der Waals surface area (Å²) in [5, 5.41) is 0. The number of hydrogen-bond acceptors (Lipinski definition) is 3. The Morgan fingerprint density at radius 2 is 1.84 bits per heavy atom. The molecular formula is C13H21BrO3Si2. The minimum absolute atomic E-state index is 0.195. The van der Waals surface area contributed by atoms with Gasteiger partial charge in [0.2, 0.25) is 0 Å². The molecule has 0 radical (unpaired) electrons. The quantitative estimate of drug-likeness (QED) is 0.424. The van der Waals surface area contributed by atoms with E-state index in [1.807, 2.05) is 18.2 Å². The number of carbonyl (C=O) groups excluding carboxylic acids is 1. The standard InChI is InChI=1S/C13H21BrO3Si2/c1-13(2,12(16-18-3)17-19-4)10-6-5-9(8-15)7-11(10)14/h5-8,12H,18-19H2,1-4H3. The summed E-state index contributed by atoms with van der Waals surface area (Å²) in [7, 11) is -1.07. The fraction of sp³-hybridized carbons (Fsp3) is 0.462. The molecule has 1 aromatic rings. The van der Waals surface area contributed by atoms with Gasteiger partial charge in [-0.3, -0.25) is 4.79 Å². The van der Waals surface area contributed by atoms with Crippen LogP contribution in [0.15, 0.2) is 22.7 Å². The van der Waals surface area contributed by atoms with Crippen molar-refractivity contribution >= 4 is 41.7 Å². The first-order valence-electron chi connectivity index (χ1n) is 6.45. The zero-order valence-electron chi connectivity index (χ0n) is 11.9. The molecule has 1 rings (SSSR count). The predicted octanol–water partition coefficient (Wildman–Crippen LogP) is 2.16. The van der Waals surface area contributed by atoms with Crippen LogP contribution in [0.25, 0.3) is 0 Å². The van der Waals surface area contributed by atoms with Gasteiger partial charge in [0.15, 0.2) is 19.5 Å². The Balaban J connectivity index is 3.12. The lowest BCUT2D eigenvalue weighted by atomic mass is 9.83. The average Bonchev–Trinajstić information content (AvgIpc) is 2.38. The second-order valence-corrected chi connectivity index (χ2v) is 7.50. The maximum atomic E-state index is 10.8. The lowest BCUT2D eigenvalue weighted by Crippen LogP contribution is -2.39. The molecule has 6 heteroatoms. The van der Waals surface area contributed by atoms with Gasteiger partial charge < -0.3 is 8.85 Å². The predicted molar refractivity (Wildman–Crippen MR) is 87.3 cm³/mol. The van der Waals surface area contributed by atoms with Crippen LogP contribution < -0.4 is 0 Å². The summed E-state index contributed by atoms with van der Waals surface area (Å²) < 4.78 is 12.7. The summed E-state index contributed by atoms with van der Waals surface area (Å²) in [6.45, 7) is 8.45. The van der Waals surface area contributed by atoms with Crippen molar-refractivity contribution in [2.24, 2.45) is 0 Å². The Morgan fingerprint density at radius 3 is 2.26 bits per heavy atom.